The van der Waals surface area contributed by atoms with Crippen molar-refractivity contribution in [2.45, 2.75) is 45.6 Å². The maximum atomic E-state index is 13.3. The van der Waals surface area contributed by atoms with E-state index in [-0.39, 0.29) is 5.41 Å². The Hall–Kier alpha value is -1.00. The third-order valence-corrected chi connectivity index (χ3v) is 4.85. The standard InChI is InChI=1S/C16H23F2NO/c1-15(2)5-7-16(10-19,8-6-15)14(20)11-3-4-12(17)13(18)9-11/h3-4,9,14,20H,5-8,10,19H2,1-2H3. The second kappa shape index (κ2) is 5.41. The molecule has 1 atom stereocenters. The van der Waals surface area contributed by atoms with E-state index in [0.717, 1.165) is 37.8 Å². The average Bonchev–Trinajstić information content (AvgIpc) is 2.42. The molecule has 0 radical (unpaired) electrons. The molecule has 0 aromatic heterocycles. The van der Waals surface area contributed by atoms with Crippen LogP contribution in [0.25, 0.3) is 0 Å². The van der Waals surface area contributed by atoms with Gasteiger partial charge in [0.05, 0.1) is 6.10 Å². The first-order valence-corrected chi connectivity index (χ1v) is 7.13. The quantitative estimate of drug-likeness (QED) is 0.891. The molecule has 1 aromatic carbocycles. The Bertz CT molecular complexity index is 477. The molecular weight excluding hydrogens is 260 g/mol. The molecular formula is C16H23F2NO. The van der Waals surface area contributed by atoms with Crippen LogP contribution in [0.2, 0.25) is 0 Å². The van der Waals surface area contributed by atoms with Gasteiger partial charge in [0, 0.05) is 12.0 Å². The summed E-state index contributed by atoms with van der Waals surface area (Å²) in [5.74, 6) is -1.82. The van der Waals surface area contributed by atoms with Crippen molar-refractivity contribution in [3.8, 4) is 0 Å². The Morgan fingerprint density at radius 2 is 1.75 bits per heavy atom. The van der Waals surface area contributed by atoms with Crippen LogP contribution in [0.4, 0.5) is 8.78 Å². The third-order valence-electron chi connectivity index (χ3n) is 4.85. The molecule has 3 N–H and O–H groups in total. The van der Waals surface area contributed by atoms with Crippen LogP contribution in [0.3, 0.4) is 0 Å². The molecule has 112 valence electrons. The maximum absolute atomic E-state index is 13.3. The number of aliphatic hydroxyl groups excluding tert-OH is 1. The van der Waals surface area contributed by atoms with Gasteiger partial charge >= 0.3 is 0 Å². The molecule has 20 heavy (non-hydrogen) atoms. The minimum absolute atomic E-state index is 0.256. The zero-order valence-electron chi connectivity index (χ0n) is 12.1. The highest BCUT2D eigenvalue weighted by molar-refractivity contribution is 5.22. The van der Waals surface area contributed by atoms with Gasteiger partial charge in [-0.15, -0.1) is 0 Å². The van der Waals surface area contributed by atoms with Gasteiger partial charge in [-0.05, 0) is 48.8 Å². The van der Waals surface area contributed by atoms with Crippen molar-refractivity contribution in [3.63, 3.8) is 0 Å². The van der Waals surface area contributed by atoms with Gasteiger partial charge in [0.15, 0.2) is 11.6 Å². The van der Waals surface area contributed by atoms with Crippen LogP contribution in [-0.4, -0.2) is 11.7 Å². The van der Waals surface area contributed by atoms with Gasteiger partial charge in [-0.1, -0.05) is 19.9 Å². The molecule has 1 aliphatic carbocycles. The van der Waals surface area contributed by atoms with E-state index >= 15 is 0 Å². The van der Waals surface area contributed by atoms with Crippen molar-refractivity contribution >= 4 is 0 Å². The molecule has 2 nitrogen and oxygen atoms in total. The Balaban J connectivity index is 2.25. The lowest BCUT2D eigenvalue weighted by molar-refractivity contribution is -0.0237. The SMILES string of the molecule is CC1(C)CCC(CN)(C(O)c2ccc(F)c(F)c2)CC1. The van der Waals surface area contributed by atoms with Crippen molar-refractivity contribution in [2.75, 3.05) is 6.54 Å². The van der Waals surface area contributed by atoms with Crippen LogP contribution in [0.5, 0.6) is 0 Å². The van der Waals surface area contributed by atoms with Crippen molar-refractivity contribution in [1.29, 1.82) is 0 Å². The first kappa shape index (κ1) is 15.4. The van der Waals surface area contributed by atoms with E-state index in [0.29, 0.717) is 12.1 Å². The smallest absolute Gasteiger partial charge is 0.159 e. The van der Waals surface area contributed by atoms with E-state index in [1.807, 2.05) is 0 Å². The lowest BCUT2D eigenvalue weighted by Gasteiger charge is -2.45. The number of nitrogens with two attached hydrogens (primary N) is 1. The fourth-order valence-corrected chi connectivity index (χ4v) is 3.05. The molecule has 1 saturated carbocycles. The second-order valence-electron chi connectivity index (χ2n) is 6.81. The van der Waals surface area contributed by atoms with Crippen LogP contribution >= 0.6 is 0 Å². The highest BCUT2D eigenvalue weighted by atomic mass is 19.2. The first-order chi connectivity index (χ1) is 9.30. The number of aliphatic hydroxyl groups is 1. The number of halogens is 2. The molecule has 1 fully saturated rings. The van der Waals surface area contributed by atoms with Crippen LogP contribution in [0.15, 0.2) is 18.2 Å². The summed E-state index contributed by atoms with van der Waals surface area (Å²) in [7, 11) is 0. The number of benzene rings is 1. The fraction of sp³-hybridized carbons (Fsp3) is 0.625. The third kappa shape index (κ3) is 2.86. The summed E-state index contributed by atoms with van der Waals surface area (Å²) in [6.45, 7) is 4.76. The summed E-state index contributed by atoms with van der Waals surface area (Å²) < 4.78 is 26.3. The van der Waals surface area contributed by atoms with Crippen LogP contribution in [0.1, 0.15) is 51.2 Å². The predicted molar refractivity (Wildman–Crippen MR) is 75.1 cm³/mol. The molecule has 0 bridgehead atoms. The molecule has 0 spiro atoms. The van der Waals surface area contributed by atoms with Crippen molar-refractivity contribution < 1.29 is 13.9 Å². The van der Waals surface area contributed by atoms with Crippen molar-refractivity contribution in [2.24, 2.45) is 16.6 Å². The van der Waals surface area contributed by atoms with Gasteiger partial charge in [0.1, 0.15) is 0 Å². The molecule has 1 aliphatic rings. The van der Waals surface area contributed by atoms with Crippen LogP contribution < -0.4 is 5.73 Å². The summed E-state index contributed by atoms with van der Waals surface area (Å²) in [5, 5.41) is 10.6. The van der Waals surface area contributed by atoms with E-state index in [9.17, 15) is 13.9 Å². The average molecular weight is 283 g/mol. The van der Waals surface area contributed by atoms with Crippen molar-refractivity contribution in [1.82, 2.24) is 0 Å². The minimum atomic E-state index is -0.926. The van der Waals surface area contributed by atoms with Gasteiger partial charge in [-0.2, -0.15) is 0 Å². The summed E-state index contributed by atoms with van der Waals surface area (Å²) in [6.07, 6.45) is 2.71. The van der Waals surface area contributed by atoms with E-state index in [2.05, 4.69) is 13.8 Å². The van der Waals surface area contributed by atoms with Gasteiger partial charge < -0.3 is 10.8 Å². The van der Waals surface area contributed by atoms with E-state index < -0.39 is 23.2 Å². The van der Waals surface area contributed by atoms with E-state index in [1.54, 1.807) is 0 Å². The Morgan fingerprint density at radius 3 is 2.25 bits per heavy atom. The van der Waals surface area contributed by atoms with Gasteiger partial charge in [-0.25, -0.2) is 8.78 Å². The molecule has 4 heteroatoms. The fourth-order valence-electron chi connectivity index (χ4n) is 3.05. The van der Waals surface area contributed by atoms with E-state index in [4.69, 9.17) is 5.73 Å². The molecule has 1 aromatic rings. The summed E-state index contributed by atoms with van der Waals surface area (Å²) in [6, 6.07) is 3.59. The highest BCUT2D eigenvalue weighted by Gasteiger charge is 2.43. The summed E-state index contributed by atoms with van der Waals surface area (Å²) in [5.41, 5.74) is 6.14. The normalized spacial score (nSPS) is 22.5. The molecule has 0 heterocycles. The van der Waals surface area contributed by atoms with Gasteiger partial charge in [0.2, 0.25) is 0 Å². The maximum Gasteiger partial charge on any atom is 0.159 e. The number of hydrogen-bond acceptors (Lipinski definition) is 2. The van der Waals surface area contributed by atoms with Crippen LogP contribution in [0, 0.1) is 22.5 Å². The molecule has 0 aliphatic heterocycles. The zero-order valence-corrected chi connectivity index (χ0v) is 12.1. The number of hydrogen-bond donors (Lipinski definition) is 2. The summed E-state index contributed by atoms with van der Waals surface area (Å²) >= 11 is 0. The van der Waals surface area contributed by atoms with Crippen LogP contribution in [-0.2, 0) is 0 Å². The van der Waals surface area contributed by atoms with E-state index in [1.165, 1.54) is 6.07 Å². The van der Waals surface area contributed by atoms with Gasteiger partial charge in [-0.3, -0.25) is 0 Å². The lowest BCUT2D eigenvalue weighted by Crippen LogP contribution is -2.42. The zero-order chi connectivity index (χ0) is 15.0. The predicted octanol–water partition coefficient (Wildman–Crippen LogP) is 3.54. The Morgan fingerprint density at radius 1 is 1.15 bits per heavy atom. The molecule has 2 rings (SSSR count). The monoisotopic (exact) mass is 283 g/mol. The Labute approximate surface area is 119 Å². The largest absolute Gasteiger partial charge is 0.388 e. The summed E-state index contributed by atoms with van der Waals surface area (Å²) in [4.78, 5) is 0. The Kier molecular flexibility index (Phi) is 4.17. The number of rotatable bonds is 3. The van der Waals surface area contributed by atoms with Crippen molar-refractivity contribution in [3.05, 3.63) is 35.4 Å². The lowest BCUT2D eigenvalue weighted by atomic mass is 9.62. The minimum Gasteiger partial charge on any atom is -0.388 e. The molecule has 0 saturated heterocycles. The molecule has 1 unspecified atom stereocenters. The topological polar surface area (TPSA) is 46.2 Å². The molecule has 0 amide bonds. The highest BCUT2D eigenvalue weighted by Crippen LogP contribution is 2.50. The first-order valence-electron chi connectivity index (χ1n) is 7.13. The van der Waals surface area contributed by atoms with Gasteiger partial charge in [0.25, 0.3) is 0 Å². The second-order valence-corrected chi connectivity index (χ2v) is 6.81.